The van der Waals surface area contributed by atoms with Gasteiger partial charge in [-0.3, -0.25) is 4.79 Å². The Hall–Kier alpha value is -2.57. The van der Waals surface area contributed by atoms with E-state index in [-0.39, 0.29) is 28.5 Å². The van der Waals surface area contributed by atoms with Gasteiger partial charge in [0.05, 0.1) is 21.8 Å². The topological polar surface area (TPSA) is 59.8 Å². The summed E-state index contributed by atoms with van der Waals surface area (Å²) in [6.07, 6.45) is -8.86. The molecule has 0 bridgehead atoms. The van der Waals surface area contributed by atoms with Crippen molar-refractivity contribution in [3.05, 3.63) is 63.1 Å². The number of carbonyl (C=O) groups excluding carboxylic acids is 1. The number of hydrogen-bond donors (Lipinski definition) is 1. The van der Waals surface area contributed by atoms with Crippen LogP contribution in [0.4, 0.5) is 30.7 Å². The van der Waals surface area contributed by atoms with Gasteiger partial charge in [0.1, 0.15) is 10.8 Å². The van der Waals surface area contributed by atoms with Crippen LogP contribution in [0.5, 0.6) is 0 Å². The van der Waals surface area contributed by atoms with Gasteiger partial charge in [-0.05, 0) is 18.2 Å². The Morgan fingerprint density at radius 1 is 0.912 bits per heavy atom. The van der Waals surface area contributed by atoms with Crippen molar-refractivity contribution in [3.8, 4) is 16.8 Å². The molecule has 3 aromatic rings. The molecule has 0 aliphatic heterocycles. The Bertz CT molecular complexity index is 1220. The second-order valence-electron chi connectivity index (χ2n) is 6.76. The van der Waals surface area contributed by atoms with Gasteiger partial charge in [0.15, 0.2) is 0 Å². The normalized spacial score (nSPS) is 12.7. The number of alkyl halides is 7. The van der Waals surface area contributed by atoms with Crippen molar-refractivity contribution >= 4 is 40.7 Å². The summed E-state index contributed by atoms with van der Waals surface area (Å²) in [5.41, 5.74) is -7.15. The second kappa shape index (κ2) is 8.90. The molecule has 5 nitrogen and oxygen atoms in total. The van der Waals surface area contributed by atoms with Gasteiger partial charge < -0.3 is 5.32 Å². The summed E-state index contributed by atoms with van der Waals surface area (Å²) in [6.45, 7) is 0. The molecule has 15 heteroatoms. The van der Waals surface area contributed by atoms with Gasteiger partial charge in [-0.15, -0.1) is 0 Å². The first-order valence-electron chi connectivity index (χ1n) is 8.86. The van der Waals surface area contributed by atoms with Gasteiger partial charge in [0.2, 0.25) is 0 Å². The number of pyridine rings is 1. The molecule has 0 fully saturated rings. The third kappa shape index (κ3) is 4.41. The van der Waals surface area contributed by atoms with Crippen molar-refractivity contribution in [2.75, 3.05) is 7.05 Å². The SMILES string of the molecule is CNC(=O)c1cc(-c2cnn(-c3c(Cl)cc(C(F)(C(F)(F)F)C(F)(F)F)cc3Cl)c2)cnc1Cl. The third-order valence-electron chi connectivity index (χ3n) is 4.65. The molecule has 1 aromatic carbocycles. The van der Waals surface area contributed by atoms with Crippen LogP contribution in [-0.4, -0.2) is 40.1 Å². The predicted octanol–water partition coefficient (Wildman–Crippen LogP) is 6.54. The Morgan fingerprint density at radius 2 is 1.47 bits per heavy atom. The molecule has 0 spiro atoms. The Kier molecular flexibility index (Phi) is 6.81. The highest BCUT2D eigenvalue weighted by molar-refractivity contribution is 6.38. The molecule has 0 aliphatic rings. The van der Waals surface area contributed by atoms with Crippen molar-refractivity contribution in [2.24, 2.45) is 0 Å². The van der Waals surface area contributed by atoms with Gasteiger partial charge >= 0.3 is 18.0 Å². The number of hydrogen-bond acceptors (Lipinski definition) is 3. The van der Waals surface area contributed by atoms with E-state index in [1.54, 1.807) is 0 Å². The molecule has 2 aromatic heterocycles. The van der Waals surface area contributed by atoms with Crippen LogP contribution < -0.4 is 5.32 Å². The van der Waals surface area contributed by atoms with Gasteiger partial charge in [0, 0.05) is 36.1 Å². The zero-order valence-electron chi connectivity index (χ0n) is 16.5. The van der Waals surface area contributed by atoms with Gasteiger partial charge in [0.25, 0.3) is 5.91 Å². The first-order valence-corrected chi connectivity index (χ1v) is 10.00. The third-order valence-corrected chi connectivity index (χ3v) is 5.53. The second-order valence-corrected chi connectivity index (χ2v) is 7.93. The van der Waals surface area contributed by atoms with Crippen LogP contribution in [0.15, 0.2) is 36.8 Å². The summed E-state index contributed by atoms with van der Waals surface area (Å²) >= 11 is 17.7. The lowest BCUT2D eigenvalue weighted by atomic mass is 9.94. The van der Waals surface area contributed by atoms with Gasteiger partial charge in [-0.25, -0.2) is 14.1 Å². The fourth-order valence-electron chi connectivity index (χ4n) is 2.97. The Labute approximate surface area is 201 Å². The fourth-order valence-corrected chi connectivity index (χ4v) is 3.81. The molecule has 3 rings (SSSR count). The van der Waals surface area contributed by atoms with Crippen LogP contribution in [0, 0.1) is 0 Å². The van der Waals surface area contributed by atoms with E-state index in [1.165, 1.54) is 31.7 Å². The van der Waals surface area contributed by atoms with Crippen molar-refractivity contribution in [3.63, 3.8) is 0 Å². The molecule has 0 radical (unpaired) electrons. The lowest BCUT2D eigenvalue weighted by molar-refractivity contribution is -0.348. The van der Waals surface area contributed by atoms with E-state index in [2.05, 4.69) is 15.4 Å². The summed E-state index contributed by atoms with van der Waals surface area (Å²) in [4.78, 5) is 15.8. The standard InChI is InChI=1S/C19H10Cl3F7N4O/c1-30-16(34)11-2-8(5-31-15(11)22)9-6-32-33(7-9)14-12(20)3-10(4-13(14)21)17(23,18(24,25)26)19(27,28)29/h2-7H,1H3,(H,30,34). The molecule has 0 unspecified atom stereocenters. The van der Waals surface area contributed by atoms with Crippen LogP contribution in [0.25, 0.3) is 16.8 Å². The molecule has 182 valence electrons. The lowest BCUT2D eigenvalue weighted by Gasteiger charge is -2.30. The highest BCUT2D eigenvalue weighted by atomic mass is 35.5. The smallest absolute Gasteiger partial charge is 0.355 e. The van der Waals surface area contributed by atoms with Gasteiger partial charge in [-0.2, -0.15) is 31.4 Å². The number of nitrogens with zero attached hydrogens (tertiary/aromatic N) is 3. The molecule has 34 heavy (non-hydrogen) atoms. The van der Waals surface area contributed by atoms with E-state index in [0.29, 0.717) is 11.1 Å². The monoisotopic (exact) mass is 548 g/mol. The molecule has 2 heterocycles. The van der Waals surface area contributed by atoms with Crippen LogP contribution >= 0.6 is 34.8 Å². The molecular formula is C19H10Cl3F7N4O. The summed E-state index contributed by atoms with van der Waals surface area (Å²) in [7, 11) is 1.38. The van der Waals surface area contributed by atoms with Gasteiger partial charge in [-0.1, -0.05) is 34.8 Å². The van der Waals surface area contributed by atoms with Crippen molar-refractivity contribution in [1.29, 1.82) is 0 Å². The highest BCUT2D eigenvalue weighted by Gasteiger charge is 2.73. The van der Waals surface area contributed by atoms with Crippen LogP contribution in [0.1, 0.15) is 15.9 Å². The maximum atomic E-state index is 14.4. The Balaban J connectivity index is 2.09. The highest BCUT2D eigenvalue weighted by Crippen LogP contribution is 2.54. The number of halogens is 10. The average Bonchev–Trinajstić information content (AvgIpc) is 3.20. The molecule has 1 amide bonds. The van der Waals surface area contributed by atoms with Crippen molar-refractivity contribution in [1.82, 2.24) is 20.1 Å². The largest absolute Gasteiger partial charge is 0.435 e. The quantitative estimate of drug-likeness (QED) is 0.297. The zero-order valence-corrected chi connectivity index (χ0v) is 18.8. The summed E-state index contributed by atoms with van der Waals surface area (Å²) in [5, 5.41) is 4.77. The predicted molar refractivity (Wildman–Crippen MR) is 110 cm³/mol. The zero-order chi connectivity index (χ0) is 25.6. The average molecular weight is 550 g/mol. The first kappa shape index (κ1) is 26.0. The Morgan fingerprint density at radius 3 is 1.97 bits per heavy atom. The van der Waals surface area contributed by atoms with E-state index in [1.807, 2.05) is 0 Å². The molecule has 0 aliphatic carbocycles. The number of aromatic nitrogens is 3. The lowest BCUT2D eigenvalue weighted by Crippen LogP contribution is -2.50. The number of carbonyl (C=O) groups is 1. The number of amides is 1. The van der Waals surface area contributed by atoms with E-state index in [4.69, 9.17) is 34.8 Å². The molecular weight excluding hydrogens is 540 g/mol. The van der Waals surface area contributed by atoms with E-state index < -0.39 is 39.5 Å². The minimum atomic E-state index is -6.33. The van der Waals surface area contributed by atoms with Crippen LogP contribution in [-0.2, 0) is 5.67 Å². The molecule has 1 N–H and O–H groups in total. The summed E-state index contributed by atoms with van der Waals surface area (Å²) < 4.78 is 93.7. The number of rotatable bonds is 4. The summed E-state index contributed by atoms with van der Waals surface area (Å²) in [5.74, 6) is -0.530. The molecule has 0 saturated carbocycles. The van der Waals surface area contributed by atoms with E-state index in [0.717, 1.165) is 4.68 Å². The van der Waals surface area contributed by atoms with Crippen molar-refractivity contribution < 1.29 is 35.5 Å². The van der Waals surface area contributed by atoms with Crippen LogP contribution in [0.3, 0.4) is 0 Å². The van der Waals surface area contributed by atoms with E-state index in [9.17, 15) is 35.5 Å². The maximum Gasteiger partial charge on any atom is 0.435 e. The maximum absolute atomic E-state index is 14.4. The molecule has 0 saturated heterocycles. The van der Waals surface area contributed by atoms with Crippen molar-refractivity contribution in [2.45, 2.75) is 18.0 Å². The number of nitrogens with one attached hydrogen (secondary N) is 1. The minimum absolute atomic E-state index is 0.0356. The van der Waals surface area contributed by atoms with E-state index >= 15 is 0 Å². The number of benzene rings is 1. The fraction of sp³-hybridized carbons (Fsp3) is 0.211. The minimum Gasteiger partial charge on any atom is -0.355 e. The van der Waals surface area contributed by atoms with Crippen LogP contribution in [0.2, 0.25) is 15.2 Å². The summed E-state index contributed by atoms with van der Waals surface area (Å²) in [6, 6.07) is 1.74. The molecule has 0 atom stereocenters. The first-order chi connectivity index (χ1) is 15.6.